The number of rotatable bonds is 5. The van der Waals surface area contributed by atoms with Gasteiger partial charge in [0.05, 0.1) is 6.61 Å². The lowest BCUT2D eigenvalue weighted by molar-refractivity contribution is -0.169. The first kappa shape index (κ1) is 19.4. The van der Waals surface area contributed by atoms with Gasteiger partial charge in [-0.05, 0) is 13.8 Å². The Balaban J connectivity index is 3.17. The van der Waals surface area contributed by atoms with Crippen LogP contribution in [0.1, 0.15) is 13.8 Å². The smallest absolute Gasteiger partial charge is 0.478 e. The quantitative estimate of drug-likeness (QED) is 0.336. The lowest BCUT2D eigenvalue weighted by Crippen LogP contribution is -2.52. The molecule has 0 spiro atoms. The van der Waals surface area contributed by atoms with Gasteiger partial charge in [0, 0.05) is 0 Å². The average molecular weight is 375 g/mol. The third kappa shape index (κ3) is 3.98. The molecule has 13 heteroatoms. The first-order chi connectivity index (χ1) is 9.60. The number of carboxylic acids is 1. The lowest BCUT2D eigenvalue weighted by atomic mass is 10.1. The zero-order valence-electron chi connectivity index (χ0n) is 11.1. The summed E-state index contributed by atoms with van der Waals surface area (Å²) in [6, 6.07) is 0. The van der Waals surface area contributed by atoms with Gasteiger partial charge in [-0.25, -0.2) is 9.18 Å². The molecule has 1 saturated heterocycles. The number of hydrogen-bond acceptors (Lipinski definition) is 6. The summed E-state index contributed by atoms with van der Waals surface area (Å²) < 4.78 is 86.4. The zero-order chi connectivity index (χ0) is 17.6. The van der Waals surface area contributed by atoms with Crippen LogP contribution in [-0.4, -0.2) is 54.7 Å². The minimum atomic E-state index is -6.31. The maximum Gasteiger partial charge on any atom is 0.523 e. The Labute approximate surface area is 127 Å². The van der Waals surface area contributed by atoms with Crippen molar-refractivity contribution < 1.29 is 49.5 Å². The van der Waals surface area contributed by atoms with Crippen LogP contribution in [0.3, 0.4) is 0 Å². The molecule has 1 N–H and O–H groups in total. The molecular formula is C9H11ClF4O7S. The zero-order valence-corrected chi connectivity index (χ0v) is 12.6. The number of halogens is 5. The van der Waals surface area contributed by atoms with E-state index in [0.717, 1.165) is 0 Å². The molecule has 1 unspecified atom stereocenters. The van der Waals surface area contributed by atoms with E-state index in [1.807, 2.05) is 0 Å². The molecule has 1 rings (SSSR count). The van der Waals surface area contributed by atoms with Gasteiger partial charge in [-0.1, -0.05) is 11.6 Å². The van der Waals surface area contributed by atoms with Gasteiger partial charge in [-0.2, -0.15) is 21.6 Å². The van der Waals surface area contributed by atoms with Gasteiger partial charge in [-0.15, -0.1) is 0 Å². The van der Waals surface area contributed by atoms with Crippen molar-refractivity contribution in [1.29, 1.82) is 0 Å². The fourth-order valence-electron chi connectivity index (χ4n) is 1.53. The van der Waals surface area contributed by atoms with Gasteiger partial charge >= 0.3 is 26.7 Å². The van der Waals surface area contributed by atoms with E-state index in [2.05, 4.69) is 4.18 Å². The Kier molecular flexibility index (Phi) is 5.05. The highest BCUT2D eigenvalue weighted by Gasteiger charge is 2.59. The first-order valence-electron chi connectivity index (χ1n) is 5.53. The molecule has 0 aliphatic carbocycles. The Hall–Kier alpha value is -0.690. The molecule has 0 saturated carbocycles. The molecule has 0 aromatic heterocycles. The summed E-state index contributed by atoms with van der Waals surface area (Å²) in [5.74, 6) is -3.86. The van der Waals surface area contributed by atoms with E-state index in [0.29, 0.717) is 0 Å². The third-order valence-corrected chi connectivity index (χ3v) is 3.93. The fourth-order valence-corrected chi connectivity index (χ4v) is 2.41. The molecule has 1 aliphatic rings. The van der Waals surface area contributed by atoms with Crippen LogP contribution in [0.25, 0.3) is 0 Å². The largest absolute Gasteiger partial charge is 0.523 e. The summed E-state index contributed by atoms with van der Waals surface area (Å²) in [6.07, 6.45) is -4.62. The molecule has 3 atom stereocenters. The van der Waals surface area contributed by atoms with Gasteiger partial charge in [0.2, 0.25) is 0 Å². The van der Waals surface area contributed by atoms with Crippen molar-refractivity contribution >= 4 is 27.7 Å². The number of carboxylic acid groups (broad SMARTS) is 1. The second-order valence-corrected chi connectivity index (χ2v) is 6.83. The standard InChI is InChI=1S/C9H11ClF4O7S/c1-7(2)19-3-4(20-7)5(8(10,11)6(15)16)21-22(17,18)9(12,13)14/h4-5H,3H2,1-2H3,(H,15,16)/t4-,5?,8+/m1/s1. The molecule has 0 aromatic carbocycles. The van der Waals surface area contributed by atoms with Gasteiger partial charge in [-0.3, -0.25) is 4.18 Å². The van der Waals surface area contributed by atoms with Crippen LogP contribution < -0.4 is 0 Å². The van der Waals surface area contributed by atoms with Crippen LogP contribution in [0.15, 0.2) is 0 Å². The van der Waals surface area contributed by atoms with Gasteiger partial charge in [0.1, 0.15) is 6.10 Å². The second-order valence-electron chi connectivity index (χ2n) is 4.71. The third-order valence-electron chi connectivity index (χ3n) is 2.52. The molecule has 130 valence electrons. The molecule has 0 radical (unpaired) electrons. The van der Waals surface area contributed by atoms with E-state index in [1.54, 1.807) is 0 Å². The highest BCUT2D eigenvalue weighted by Crippen LogP contribution is 2.37. The summed E-state index contributed by atoms with van der Waals surface area (Å²) in [5, 5.41) is 4.65. The van der Waals surface area contributed by atoms with Gasteiger partial charge in [0.15, 0.2) is 11.9 Å². The molecule has 1 aliphatic heterocycles. The van der Waals surface area contributed by atoms with Gasteiger partial charge in [0.25, 0.3) is 0 Å². The summed E-state index contributed by atoms with van der Waals surface area (Å²) >= 11 is 5.01. The van der Waals surface area contributed by atoms with Crippen molar-refractivity contribution in [2.45, 2.75) is 42.5 Å². The summed E-state index contributed by atoms with van der Waals surface area (Å²) in [5.41, 5.74) is -5.90. The van der Waals surface area contributed by atoms with Crippen molar-refractivity contribution in [1.82, 2.24) is 0 Å². The molecule has 7 nitrogen and oxygen atoms in total. The first-order valence-corrected chi connectivity index (χ1v) is 7.31. The second kappa shape index (κ2) is 5.74. The van der Waals surface area contributed by atoms with E-state index in [-0.39, 0.29) is 0 Å². The van der Waals surface area contributed by atoms with Crippen LogP contribution in [-0.2, 0) is 28.6 Å². The van der Waals surface area contributed by atoms with E-state index in [1.165, 1.54) is 13.8 Å². The van der Waals surface area contributed by atoms with Crippen LogP contribution >= 0.6 is 11.6 Å². The summed E-state index contributed by atoms with van der Waals surface area (Å²) in [4.78, 5) is 10.8. The highest BCUT2D eigenvalue weighted by atomic mass is 35.5. The molecule has 22 heavy (non-hydrogen) atoms. The fraction of sp³-hybridized carbons (Fsp3) is 0.889. The summed E-state index contributed by atoms with van der Waals surface area (Å²) in [7, 11) is -6.31. The van der Waals surface area contributed by atoms with E-state index in [9.17, 15) is 30.8 Å². The molecule has 1 fully saturated rings. The maximum atomic E-state index is 14.0. The highest BCUT2D eigenvalue weighted by molar-refractivity contribution is 7.87. The van der Waals surface area contributed by atoms with Crippen LogP contribution in [0.4, 0.5) is 17.6 Å². The normalized spacial score (nSPS) is 26.4. The lowest BCUT2D eigenvalue weighted by Gasteiger charge is -2.29. The molecular weight excluding hydrogens is 364 g/mol. The minimum absolute atomic E-state index is 0.628. The number of carbonyl (C=O) groups is 1. The number of hydrogen-bond donors (Lipinski definition) is 1. The van der Waals surface area contributed by atoms with Crippen molar-refractivity contribution in [3.63, 3.8) is 0 Å². The SMILES string of the molecule is CC1(C)OC[C@H](C(OS(=O)(=O)C(F)(F)F)[C@@](F)(Cl)C(=O)O)O1. The van der Waals surface area contributed by atoms with Gasteiger partial charge < -0.3 is 14.6 Å². The van der Waals surface area contributed by atoms with E-state index >= 15 is 0 Å². The molecule has 0 bridgehead atoms. The van der Waals surface area contributed by atoms with Crippen molar-refractivity contribution in [2.75, 3.05) is 6.61 Å². The van der Waals surface area contributed by atoms with Crippen LogP contribution in [0.2, 0.25) is 0 Å². The molecule has 0 aromatic rings. The Bertz CT molecular complexity index is 545. The van der Waals surface area contributed by atoms with Crippen molar-refractivity contribution in [2.24, 2.45) is 0 Å². The Morgan fingerprint density at radius 1 is 1.41 bits per heavy atom. The Morgan fingerprint density at radius 2 is 1.91 bits per heavy atom. The topological polar surface area (TPSA) is 99.1 Å². The van der Waals surface area contributed by atoms with E-state index < -0.39 is 51.3 Å². The van der Waals surface area contributed by atoms with E-state index in [4.69, 9.17) is 26.2 Å². The van der Waals surface area contributed by atoms with Crippen LogP contribution in [0, 0.1) is 0 Å². The molecule has 1 heterocycles. The predicted octanol–water partition coefficient (Wildman–Crippen LogP) is 1.36. The van der Waals surface area contributed by atoms with Crippen molar-refractivity contribution in [3.05, 3.63) is 0 Å². The predicted molar refractivity (Wildman–Crippen MR) is 62.1 cm³/mol. The summed E-state index contributed by atoms with van der Waals surface area (Å²) in [6.45, 7) is 1.95. The number of alkyl halides is 5. The Morgan fingerprint density at radius 3 is 2.23 bits per heavy atom. The van der Waals surface area contributed by atoms with Crippen LogP contribution in [0.5, 0.6) is 0 Å². The monoisotopic (exact) mass is 374 g/mol. The minimum Gasteiger partial charge on any atom is -0.478 e. The van der Waals surface area contributed by atoms with Crippen molar-refractivity contribution in [3.8, 4) is 0 Å². The number of ether oxygens (including phenoxy) is 2. The maximum absolute atomic E-state index is 14.0. The number of aliphatic carboxylic acids is 1. The molecule has 0 amide bonds. The average Bonchev–Trinajstić information content (AvgIpc) is 2.64.